The Kier molecular flexibility index (Phi) is 4.22. The predicted octanol–water partition coefficient (Wildman–Crippen LogP) is 4.21. The van der Waals surface area contributed by atoms with Gasteiger partial charge in [-0.3, -0.25) is 9.59 Å². The van der Waals surface area contributed by atoms with Gasteiger partial charge in [0.1, 0.15) is 0 Å². The molecule has 1 heterocycles. The van der Waals surface area contributed by atoms with E-state index in [1.54, 1.807) is 4.90 Å². The third-order valence-electron chi connectivity index (χ3n) is 4.93. The van der Waals surface area contributed by atoms with Gasteiger partial charge in [-0.05, 0) is 48.6 Å². The van der Waals surface area contributed by atoms with Gasteiger partial charge in [0.15, 0.2) is 0 Å². The fourth-order valence-electron chi connectivity index (χ4n) is 3.51. The predicted molar refractivity (Wildman–Crippen MR) is 99.0 cm³/mol. The Balaban J connectivity index is 1.44. The van der Waals surface area contributed by atoms with Gasteiger partial charge in [-0.15, -0.1) is 0 Å². The summed E-state index contributed by atoms with van der Waals surface area (Å²) in [6, 6.07) is 15.2. The minimum atomic E-state index is -0.0445. The minimum absolute atomic E-state index is 0.00909. The summed E-state index contributed by atoms with van der Waals surface area (Å²) in [5.74, 6) is 0.299. The second kappa shape index (κ2) is 6.52. The first-order chi connectivity index (χ1) is 12.1. The summed E-state index contributed by atoms with van der Waals surface area (Å²) >= 11 is 6.23. The van der Waals surface area contributed by atoms with Crippen LogP contribution in [0.3, 0.4) is 0 Å². The van der Waals surface area contributed by atoms with Crippen LogP contribution in [0.25, 0.3) is 0 Å². The van der Waals surface area contributed by atoms with E-state index < -0.39 is 0 Å². The van der Waals surface area contributed by atoms with Gasteiger partial charge in [0, 0.05) is 35.3 Å². The molecule has 0 radical (unpaired) electrons. The van der Waals surface area contributed by atoms with Crippen molar-refractivity contribution >= 4 is 34.8 Å². The van der Waals surface area contributed by atoms with Crippen molar-refractivity contribution in [2.75, 3.05) is 16.8 Å². The lowest BCUT2D eigenvalue weighted by atomic mass is 10.1. The van der Waals surface area contributed by atoms with Crippen LogP contribution >= 0.6 is 11.6 Å². The molecule has 0 aromatic heterocycles. The first kappa shape index (κ1) is 16.2. The highest BCUT2D eigenvalue weighted by atomic mass is 35.5. The summed E-state index contributed by atoms with van der Waals surface area (Å²) < 4.78 is 0. The summed E-state index contributed by atoms with van der Waals surface area (Å²) in [4.78, 5) is 26.2. The molecule has 1 aliphatic carbocycles. The third kappa shape index (κ3) is 3.27. The zero-order chi connectivity index (χ0) is 17.4. The Morgan fingerprint density at radius 3 is 2.76 bits per heavy atom. The molecule has 4 nitrogen and oxygen atoms in total. The zero-order valence-electron chi connectivity index (χ0n) is 13.7. The molecule has 1 saturated carbocycles. The Labute approximate surface area is 151 Å². The number of halogens is 1. The molecule has 0 bridgehead atoms. The Hall–Kier alpha value is -2.33. The molecule has 1 saturated heterocycles. The maximum atomic E-state index is 12.5. The van der Waals surface area contributed by atoms with Crippen LogP contribution in [0.2, 0.25) is 5.02 Å². The van der Waals surface area contributed by atoms with Crippen LogP contribution in [0, 0.1) is 5.92 Å². The zero-order valence-corrected chi connectivity index (χ0v) is 14.5. The van der Waals surface area contributed by atoms with Gasteiger partial charge < -0.3 is 10.2 Å². The number of carbonyl (C=O) groups excluding carboxylic acids is 2. The van der Waals surface area contributed by atoms with Crippen molar-refractivity contribution in [2.45, 2.75) is 25.2 Å². The van der Waals surface area contributed by atoms with E-state index in [0.717, 1.165) is 41.3 Å². The lowest BCUT2D eigenvalue weighted by Gasteiger charge is -2.16. The topological polar surface area (TPSA) is 49.4 Å². The number of nitrogens with zero attached hydrogens (tertiary/aromatic N) is 1. The van der Waals surface area contributed by atoms with Crippen molar-refractivity contribution < 1.29 is 9.59 Å². The molecule has 5 heteroatoms. The van der Waals surface area contributed by atoms with Crippen LogP contribution in [-0.4, -0.2) is 18.4 Å². The molecule has 2 atom stereocenters. The van der Waals surface area contributed by atoms with Gasteiger partial charge >= 0.3 is 0 Å². The van der Waals surface area contributed by atoms with Gasteiger partial charge in [-0.1, -0.05) is 35.9 Å². The number of hydrogen-bond donors (Lipinski definition) is 1. The van der Waals surface area contributed by atoms with E-state index >= 15 is 0 Å². The molecule has 128 valence electrons. The van der Waals surface area contributed by atoms with Crippen LogP contribution in [0.15, 0.2) is 48.5 Å². The number of amides is 2. The highest BCUT2D eigenvalue weighted by molar-refractivity contribution is 6.31. The van der Waals surface area contributed by atoms with Crippen LogP contribution in [-0.2, 0) is 9.59 Å². The molecule has 4 rings (SSSR count). The highest BCUT2D eigenvalue weighted by Crippen LogP contribution is 2.50. The first-order valence-corrected chi connectivity index (χ1v) is 8.97. The van der Waals surface area contributed by atoms with Crippen molar-refractivity contribution in [3.8, 4) is 0 Å². The monoisotopic (exact) mass is 354 g/mol. The van der Waals surface area contributed by atoms with Gasteiger partial charge in [0.2, 0.25) is 11.8 Å². The van der Waals surface area contributed by atoms with Crippen LogP contribution in [0.5, 0.6) is 0 Å². The summed E-state index contributed by atoms with van der Waals surface area (Å²) in [6.07, 6.45) is 2.30. The normalized spacial score (nSPS) is 22.1. The largest absolute Gasteiger partial charge is 0.326 e. The van der Waals surface area contributed by atoms with Crippen molar-refractivity contribution in [3.05, 3.63) is 59.1 Å². The molecule has 0 spiro atoms. The van der Waals surface area contributed by atoms with Crippen LogP contribution in [0.4, 0.5) is 11.4 Å². The van der Waals surface area contributed by atoms with Crippen molar-refractivity contribution in [3.63, 3.8) is 0 Å². The van der Waals surface area contributed by atoms with Crippen molar-refractivity contribution in [2.24, 2.45) is 5.92 Å². The quantitative estimate of drug-likeness (QED) is 0.894. The second-order valence-electron chi connectivity index (χ2n) is 6.66. The van der Waals surface area contributed by atoms with E-state index in [0.29, 0.717) is 6.42 Å². The number of nitrogens with one attached hydrogen (secondary N) is 1. The highest BCUT2D eigenvalue weighted by Gasteiger charge is 2.44. The number of anilines is 2. The molecule has 2 aliphatic rings. The minimum Gasteiger partial charge on any atom is -0.326 e. The molecule has 2 aromatic rings. The summed E-state index contributed by atoms with van der Waals surface area (Å²) in [6.45, 7) is 0.743. The molecule has 2 amide bonds. The van der Waals surface area contributed by atoms with Crippen molar-refractivity contribution in [1.29, 1.82) is 0 Å². The number of carbonyl (C=O) groups is 2. The molecule has 1 aliphatic heterocycles. The Bertz CT molecular complexity index is 836. The van der Waals surface area contributed by atoms with E-state index in [-0.39, 0.29) is 23.7 Å². The molecule has 25 heavy (non-hydrogen) atoms. The van der Waals surface area contributed by atoms with Gasteiger partial charge in [-0.2, -0.15) is 0 Å². The van der Waals surface area contributed by atoms with E-state index in [9.17, 15) is 9.59 Å². The third-order valence-corrected chi connectivity index (χ3v) is 5.27. The maximum absolute atomic E-state index is 12.5. The fraction of sp³-hybridized carbons (Fsp3) is 0.300. The smallest absolute Gasteiger partial charge is 0.228 e. The second-order valence-corrected chi connectivity index (χ2v) is 7.07. The summed E-state index contributed by atoms with van der Waals surface area (Å²) in [5.41, 5.74) is 2.62. The lowest BCUT2D eigenvalue weighted by Crippen LogP contribution is -2.23. The fourth-order valence-corrected chi connectivity index (χ4v) is 3.79. The number of benzene rings is 2. The maximum Gasteiger partial charge on any atom is 0.228 e. The molecule has 2 fully saturated rings. The summed E-state index contributed by atoms with van der Waals surface area (Å²) in [7, 11) is 0. The standard InChI is InChI=1S/C20H19ClN2O2/c21-18-8-2-1-7-15(18)16-12-17(16)20(25)22-13-5-3-6-14(11-13)23-10-4-9-19(23)24/h1-3,5-8,11,16-17H,4,9-10,12H2,(H,22,25). The van der Waals surface area contributed by atoms with Crippen LogP contribution < -0.4 is 10.2 Å². The Morgan fingerprint density at radius 1 is 1.16 bits per heavy atom. The van der Waals surface area contributed by atoms with E-state index in [2.05, 4.69) is 5.32 Å². The SMILES string of the molecule is O=C(Nc1cccc(N2CCCC2=O)c1)C1CC1c1ccccc1Cl. The molecule has 2 unspecified atom stereocenters. The lowest BCUT2D eigenvalue weighted by molar-refractivity contribution is -0.118. The van der Waals surface area contributed by atoms with Gasteiger partial charge in [-0.25, -0.2) is 0 Å². The van der Waals surface area contributed by atoms with E-state index in [4.69, 9.17) is 11.6 Å². The van der Waals surface area contributed by atoms with E-state index in [1.807, 2.05) is 48.5 Å². The molecule has 2 aromatic carbocycles. The van der Waals surface area contributed by atoms with Crippen molar-refractivity contribution in [1.82, 2.24) is 0 Å². The van der Waals surface area contributed by atoms with E-state index in [1.165, 1.54) is 0 Å². The number of rotatable bonds is 4. The van der Waals surface area contributed by atoms with Gasteiger partial charge in [0.25, 0.3) is 0 Å². The first-order valence-electron chi connectivity index (χ1n) is 8.59. The van der Waals surface area contributed by atoms with Crippen LogP contribution in [0.1, 0.15) is 30.7 Å². The molecule has 1 N–H and O–H groups in total. The molecular weight excluding hydrogens is 336 g/mol. The number of hydrogen-bond acceptors (Lipinski definition) is 2. The average Bonchev–Trinajstić information content (AvgIpc) is 3.29. The summed E-state index contributed by atoms with van der Waals surface area (Å²) in [5, 5.41) is 3.70. The average molecular weight is 355 g/mol. The van der Waals surface area contributed by atoms with Gasteiger partial charge in [0.05, 0.1) is 0 Å². The Morgan fingerprint density at radius 2 is 2.00 bits per heavy atom. The molecular formula is C20H19ClN2O2.